The number of aliphatic hydroxyl groups is 1. The van der Waals surface area contributed by atoms with Gasteiger partial charge in [-0.05, 0) is 32.7 Å². The number of hydrogen-bond donors (Lipinski definition) is 4. The van der Waals surface area contributed by atoms with Gasteiger partial charge >= 0.3 is 0 Å². The van der Waals surface area contributed by atoms with Crippen LogP contribution < -0.4 is 5.32 Å². The van der Waals surface area contributed by atoms with E-state index < -0.39 is 0 Å². The van der Waals surface area contributed by atoms with Crippen molar-refractivity contribution in [2.75, 3.05) is 39.4 Å². The average Bonchev–Trinajstić information content (AvgIpc) is 2.96. The number of nitrogens with zero attached hydrogens (tertiary/aromatic N) is 1. The first-order chi connectivity index (χ1) is 11.5. The predicted octanol–water partition coefficient (Wildman–Crippen LogP) is 0.394. The highest BCUT2D eigenvalue weighted by Crippen LogP contribution is 2.31. The normalized spacial score (nSPS) is 20.8. The maximum absolute atomic E-state index is 10.3. The van der Waals surface area contributed by atoms with Crippen LogP contribution >= 0.6 is 0 Å². The molecule has 0 spiro atoms. The minimum Gasteiger partial charge on any atom is -0.483 e. The molecule has 2 aliphatic rings. The number of rotatable bonds is 6. The largest absolute Gasteiger partial charge is 0.483 e. The summed E-state index contributed by atoms with van der Waals surface area (Å²) >= 11 is 0. The second kappa shape index (κ2) is 14.2. The molecule has 0 bridgehead atoms. The Morgan fingerprint density at radius 3 is 2.17 bits per heavy atom. The van der Waals surface area contributed by atoms with Crippen LogP contribution in [0.2, 0.25) is 0 Å². The molecule has 8 nitrogen and oxygen atoms in total. The van der Waals surface area contributed by atoms with E-state index in [2.05, 4.69) is 17.1 Å². The van der Waals surface area contributed by atoms with Crippen molar-refractivity contribution < 1.29 is 29.6 Å². The van der Waals surface area contributed by atoms with Gasteiger partial charge in [0.1, 0.15) is 0 Å². The molecule has 0 aromatic carbocycles. The second-order valence-electron chi connectivity index (χ2n) is 6.16. The quantitative estimate of drug-likeness (QED) is 0.509. The zero-order valence-corrected chi connectivity index (χ0v) is 14.5. The van der Waals surface area contributed by atoms with E-state index in [1.165, 1.54) is 12.8 Å². The Morgan fingerprint density at radius 1 is 1.17 bits per heavy atom. The summed E-state index contributed by atoms with van der Waals surface area (Å²) in [7, 11) is 0. The molecule has 0 radical (unpaired) electrons. The van der Waals surface area contributed by atoms with Gasteiger partial charge in [0.2, 0.25) is 0 Å². The lowest BCUT2D eigenvalue weighted by molar-refractivity contribution is -0.123. The molecule has 1 atom stereocenters. The molecule has 2 rings (SSSR count). The van der Waals surface area contributed by atoms with Gasteiger partial charge in [-0.25, -0.2) is 0 Å². The van der Waals surface area contributed by atoms with Crippen molar-refractivity contribution >= 4 is 12.9 Å². The molecule has 1 unspecified atom stereocenters. The lowest BCUT2D eigenvalue weighted by Gasteiger charge is -2.30. The summed E-state index contributed by atoms with van der Waals surface area (Å²) in [5, 5.41) is 27.6. The number of ether oxygens (including phenoxy) is 1. The monoisotopic (exact) mass is 348 g/mol. The van der Waals surface area contributed by atoms with Crippen LogP contribution in [0.1, 0.15) is 39.0 Å². The molecule has 1 heterocycles. The maximum atomic E-state index is 10.3. The van der Waals surface area contributed by atoms with Crippen LogP contribution in [0.3, 0.4) is 0 Å². The number of carboxylic acid groups (broad SMARTS) is 2. The smallest absolute Gasteiger partial charge is 0.290 e. The molecular formula is C16H32N2O6. The molecule has 1 saturated carbocycles. The molecule has 2 fully saturated rings. The Bertz CT molecular complexity index is 312. The van der Waals surface area contributed by atoms with Crippen LogP contribution in [0.4, 0.5) is 0 Å². The third-order valence-electron chi connectivity index (χ3n) is 4.25. The highest BCUT2D eigenvalue weighted by atomic mass is 16.5. The summed E-state index contributed by atoms with van der Waals surface area (Å²) in [6, 6.07) is 0.494. The summed E-state index contributed by atoms with van der Waals surface area (Å²) in [5.41, 5.74) is -0.369. The van der Waals surface area contributed by atoms with E-state index >= 15 is 0 Å². The maximum Gasteiger partial charge on any atom is 0.290 e. The van der Waals surface area contributed by atoms with Gasteiger partial charge in [0, 0.05) is 25.7 Å². The first kappa shape index (κ1) is 22.8. The fourth-order valence-corrected chi connectivity index (χ4v) is 3.07. The first-order valence-electron chi connectivity index (χ1n) is 8.43. The molecule has 8 heteroatoms. The van der Waals surface area contributed by atoms with E-state index in [1.54, 1.807) is 0 Å². The van der Waals surface area contributed by atoms with Gasteiger partial charge in [-0.15, -0.1) is 0 Å². The van der Waals surface area contributed by atoms with Crippen LogP contribution in [-0.2, 0) is 14.3 Å². The minimum absolute atomic E-state index is 0.250. The highest BCUT2D eigenvalue weighted by molar-refractivity contribution is 5.33. The molecular weight excluding hydrogens is 316 g/mol. The number of carbonyl (C=O) groups is 2. The van der Waals surface area contributed by atoms with Crippen LogP contribution in [0.5, 0.6) is 0 Å². The van der Waals surface area contributed by atoms with Crippen molar-refractivity contribution in [2.24, 2.45) is 0 Å². The van der Waals surface area contributed by atoms with E-state index in [1.807, 2.05) is 0 Å². The molecule has 24 heavy (non-hydrogen) atoms. The van der Waals surface area contributed by atoms with E-state index in [-0.39, 0.29) is 18.5 Å². The zero-order chi connectivity index (χ0) is 18.3. The van der Waals surface area contributed by atoms with Gasteiger partial charge in [-0.1, -0.05) is 12.8 Å². The Hall–Kier alpha value is -1.22. The van der Waals surface area contributed by atoms with E-state index in [4.69, 9.17) is 24.5 Å². The molecule has 0 aromatic rings. The fraction of sp³-hybridized carbons (Fsp3) is 0.875. The Labute approximate surface area is 143 Å². The van der Waals surface area contributed by atoms with Crippen molar-refractivity contribution in [3.05, 3.63) is 0 Å². The summed E-state index contributed by atoms with van der Waals surface area (Å²) in [6.07, 6.45) is 5.28. The standard InChI is InChI=1S/C14H28N2O2.2CH2O2/c1-13(12-16-8-10-18-11-9-16)15-7-6-14(17)4-2-3-5-14;2*2-1-3/h13,15,17H,2-12H2,1H3;2*1H,(H,2,3). The fourth-order valence-electron chi connectivity index (χ4n) is 3.07. The lowest BCUT2D eigenvalue weighted by Crippen LogP contribution is -2.45. The van der Waals surface area contributed by atoms with Gasteiger partial charge in [0.25, 0.3) is 12.9 Å². The minimum atomic E-state index is -0.369. The molecule has 142 valence electrons. The zero-order valence-electron chi connectivity index (χ0n) is 14.5. The molecule has 1 saturated heterocycles. The van der Waals surface area contributed by atoms with E-state index in [0.29, 0.717) is 6.04 Å². The van der Waals surface area contributed by atoms with Crippen LogP contribution in [0.15, 0.2) is 0 Å². The summed E-state index contributed by atoms with van der Waals surface area (Å²) in [6.45, 7) is 7.59. The van der Waals surface area contributed by atoms with Crippen LogP contribution in [-0.4, -0.2) is 84.2 Å². The first-order valence-corrected chi connectivity index (χ1v) is 8.43. The highest BCUT2D eigenvalue weighted by Gasteiger charge is 2.30. The van der Waals surface area contributed by atoms with Gasteiger partial charge < -0.3 is 25.4 Å². The van der Waals surface area contributed by atoms with Crippen molar-refractivity contribution in [1.29, 1.82) is 0 Å². The summed E-state index contributed by atoms with van der Waals surface area (Å²) in [4.78, 5) is 19.2. The van der Waals surface area contributed by atoms with Crippen LogP contribution in [0.25, 0.3) is 0 Å². The number of morpholine rings is 1. The Kier molecular flexibility index (Phi) is 13.4. The van der Waals surface area contributed by atoms with Gasteiger partial charge in [-0.2, -0.15) is 0 Å². The lowest BCUT2D eigenvalue weighted by atomic mass is 9.98. The Morgan fingerprint density at radius 2 is 1.67 bits per heavy atom. The second-order valence-corrected chi connectivity index (χ2v) is 6.16. The van der Waals surface area contributed by atoms with Crippen molar-refractivity contribution in [3.63, 3.8) is 0 Å². The van der Waals surface area contributed by atoms with E-state index in [9.17, 15) is 5.11 Å². The van der Waals surface area contributed by atoms with Gasteiger partial charge in [-0.3, -0.25) is 14.5 Å². The predicted molar refractivity (Wildman–Crippen MR) is 90.1 cm³/mol. The molecule has 0 amide bonds. The summed E-state index contributed by atoms with van der Waals surface area (Å²) < 4.78 is 5.35. The van der Waals surface area contributed by atoms with Crippen LogP contribution in [0, 0.1) is 0 Å². The van der Waals surface area contributed by atoms with Gasteiger partial charge in [0.05, 0.1) is 18.8 Å². The SMILES string of the molecule is CC(CN1CCOCC1)NCCC1(O)CCCC1.O=CO.O=CO. The number of nitrogens with one attached hydrogen (secondary N) is 1. The Balaban J connectivity index is 0.000000772. The average molecular weight is 348 g/mol. The van der Waals surface area contributed by atoms with Crippen molar-refractivity contribution in [3.8, 4) is 0 Å². The van der Waals surface area contributed by atoms with Gasteiger partial charge in [0.15, 0.2) is 0 Å². The molecule has 1 aliphatic carbocycles. The molecule has 0 aromatic heterocycles. The van der Waals surface area contributed by atoms with Crippen molar-refractivity contribution in [1.82, 2.24) is 10.2 Å². The molecule has 1 aliphatic heterocycles. The molecule has 4 N–H and O–H groups in total. The third-order valence-corrected chi connectivity index (χ3v) is 4.25. The van der Waals surface area contributed by atoms with Crippen molar-refractivity contribution in [2.45, 2.75) is 50.7 Å². The topological polar surface area (TPSA) is 119 Å². The van der Waals surface area contributed by atoms with E-state index in [0.717, 1.165) is 58.7 Å². The third kappa shape index (κ3) is 11.3. The number of hydrogen-bond acceptors (Lipinski definition) is 6. The summed E-state index contributed by atoms with van der Waals surface area (Å²) in [5.74, 6) is 0.